The number of aromatic nitrogens is 2. The molecule has 0 bridgehead atoms. The molecule has 0 aliphatic carbocycles. The van der Waals surface area contributed by atoms with Gasteiger partial charge in [-0.3, -0.25) is 4.79 Å². The van der Waals surface area contributed by atoms with Crippen LogP contribution in [0.15, 0.2) is 33.5 Å². The fourth-order valence-corrected chi connectivity index (χ4v) is 3.31. The van der Waals surface area contributed by atoms with Gasteiger partial charge in [0.25, 0.3) is 5.56 Å². The van der Waals surface area contributed by atoms with E-state index >= 15 is 0 Å². The molecule has 4 nitrogen and oxygen atoms in total. The number of H-pyrrole nitrogens is 1. The molecule has 0 spiro atoms. The van der Waals surface area contributed by atoms with Crippen LogP contribution in [-0.4, -0.2) is 16.6 Å². The number of rotatable bonds is 2. The zero-order valence-electron chi connectivity index (χ0n) is 12.0. The van der Waals surface area contributed by atoms with Crippen LogP contribution in [-0.2, 0) is 0 Å². The molecule has 2 aromatic rings. The summed E-state index contributed by atoms with van der Waals surface area (Å²) in [5.41, 5.74) is 1.77. The van der Waals surface area contributed by atoms with Crippen LogP contribution in [0.5, 0.6) is 5.75 Å². The Bertz CT molecular complexity index is 724. The minimum atomic E-state index is -0.118. The lowest BCUT2D eigenvalue weighted by molar-refractivity contribution is 0.274. The van der Waals surface area contributed by atoms with Crippen LogP contribution in [0.2, 0.25) is 0 Å². The summed E-state index contributed by atoms with van der Waals surface area (Å²) in [6.45, 7) is 4.71. The summed E-state index contributed by atoms with van der Waals surface area (Å²) >= 11 is 3.34. The molecule has 1 atom stereocenters. The summed E-state index contributed by atoms with van der Waals surface area (Å²) in [5.74, 6) is 1.87. The molecule has 2 heterocycles. The second-order valence-electron chi connectivity index (χ2n) is 5.53. The smallest absolute Gasteiger partial charge is 0.265 e. The van der Waals surface area contributed by atoms with Gasteiger partial charge < -0.3 is 9.72 Å². The molecule has 0 radical (unpaired) electrons. The second-order valence-corrected chi connectivity index (χ2v) is 6.33. The molecule has 1 aromatic carbocycles. The highest BCUT2D eigenvalue weighted by Gasteiger charge is 2.26. The molecule has 3 rings (SSSR count). The van der Waals surface area contributed by atoms with Crippen LogP contribution >= 0.6 is 15.9 Å². The maximum absolute atomic E-state index is 12.1. The van der Waals surface area contributed by atoms with Gasteiger partial charge in [0.05, 0.1) is 12.3 Å². The molecule has 1 unspecified atom stereocenters. The third-order valence-corrected chi connectivity index (χ3v) is 4.51. The Hall–Kier alpha value is -1.62. The van der Waals surface area contributed by atoms with Crippen molar-refractivity contribution in [3.05, 3.63) is 56.2 Å². The number of para-hydroxylation sites is 1. The Morgan fingerprint density at radius 2 is 2.14 bits per heavy atom. The first-order chi connectivity index (χ1) is 10.1. The van der Waals surface area contributed by atoms with Gasteiger partial charge in [-0.25, -0.2) is 4.98 Å². The molecule has 0 saturated carbocycles. The van der Waals surface area contributed by atoms with Gasteiger partial charge >= 0.3 is 0 Å². The fourth-order valence-electron chi connectivity index (χ4n) is 2.67. The number of hydrogen-bond acceptors (Lipinski definition) is 3. The third kappa shape index (κ3) is 2.62. The van der Waals surface area contributed by atoms with Gasteiger partial charge in [0.15, 0.2) is 0 Å². The highest BCUT2D eigenvalue weighted by atomic mass is 79.9. The monoisotopic (exact) mass is 348 g/mol. The summed E-state index contributed by atoms with van der Waals surface area (Å²) < 4.78 is 6.21. The molecule has 0 saturated heterocycles. The predicted octanol–water partition coefficient (Wildman–Crippen LogP) is 3.57. The van der Waals surface area contributed by atoms with Crippen LogP contribution in [0.4, 0.5) is 0 Å². The van der Waals surface area contributed by atoms with E-state index in [9.17, 15) is 4.79 Å². The number of fused-ring (bicyclic) bond motifs is 1. The lowest BCUT2D eigenvalue weighted by Crippen LogP contribution is -2.22. The van der Waals surface area contributed by atoms with E-state index in [4.69, 9.17) is 9.72 Å². The minimum absolute atomic E-state index is 0.0771. The van der Waals surface area contributed by atoms with Gasteiger partial charge in [0.2, 0.25) is 0 Å². The van der Waals surface area contributed by atoms with Gasteiger partial charge in [-0.15, -0.1) is 0 Å². The van der Waals surface area contributed by atoms with E-state index in [1.807, 2.05) is 38.1 Å². The lowest BCUT2D eigenvalue weighted by Gasteiger charge is -2.25. The molecule has 0 amide bonds. The Kier molecular flexibility index (Phi) is 3.85. The summed E-state index contributed by atoms with van der Waals surface area (Å²) in [7, 11) is 0. The van der Waals surface area contributed by atoms with Gasteiger partial charge in [0, 0.05) is 11.5 Å². The topological polar surface area (TPSA) is 55.0 Å². The van der Waals surface area contributed by atoms with E-state index in [-0.39, 0.29) is 17.4 Å². The van der Waals surface area contributed by atoms with Crippen molar-refractivity contribution < 1.29 is 4.74 Å². The molecule has 1 aliphatic heterocycles. The van der Waals surface area contributed by atoms with Crippen LogP contribution in [0.25, 0.3) is 0 Å². The highest BCUT2D eigenvalue weighted by Crippen LogP contribution is 2.36. The quantitative estimate of drug-likeness (QED) is 0.902. The number of nitrogens with zero attached hydrogens (tertiary/aromatic N) is 1. The van der Waals surface area contributed by atoms with Crippen molar-refractivity contribution in [2.45, 2.75) is 32.1 Å². The van der Waals surface area contributed by atoms with Crippen LogP contribution < -0.4 is 10.3 Å². The molecule has 5 heteroatoms. The Morgan fingerprint density at radius 1 is 1.38 bits per heavy atom. The molecule has 110 valence electrons. The second kappa shape index (κ2) is 5.64. The van der Waals surface area contributed by atoms with Gasteiger partial charge in [0.1, 0.15) is 16.0 Å². The zero-order chi connectivity index (χ0) is 15.0. The van der Waals surface area contributed by atoms with Gasteiger partial charge in [-0.05, 0) is 34.3 Å². The predicted molar refractivity (Wildman–Crippen MR) is 85.0 cm³/mol. The first-order valence-corrected chi connectivity index (χ1v) is 7.88. The highest BCUT2D eigenvalue weighted by molar-refractivity contribution is 9.10. The van der Waals surface area contributed by atoms with Gasteiger partial charge in [-0.1, -0.05) is 32.0 Å². The van der Waals surface area contributed by atoms with Crippen molar-refractivity contribution in [1.82, 2.24) is 9.97 Å². The Morgan fingerprint density at radius 3 is 2.90 bits per heavy atom. The van der Waals surface area contributed by atoms with E-state index in [0.717, 1.165) is 29.3 Å². The summed E-state index contributed by atoms with van der Waals surface area (Å²) in [4.78, 5) is 19.8. The summed E-state index contributed by atoms with van der Waals surface area (Å²) in [5, 5.41) is 0. The molecule has 1 N–H and O–H groups in total. The largest absolute Gasteiger partial charge is 0.493 e. The van der Waals surface area contributed by atoms with E-state index in [1.165, 1.54) is 0 Å². The van der Waals surface area contributed by atoms with E-state index in [2.05, 4.69) is 20.9 Å². The SMILES string of the molecule is CC(C)c1nc(C2CCOc3ccccc32)[nH]c(=O)c1Br. The zero-order valence-corrected chi connectivity index (χ0v) is 13.6. The normalized spacial score (nSPS) is 17.4. The standard InChI is InChI=1S/C16H17BrN2O2/c1-9(2)14-13(17)16(20)19-15(18-14)11-7-8-21-12-6-4-3-5-10(11)12/h3-6,9,11H,7-8H2,1-2H3,(H,18,19,20). The molecule has 0 fully saturated rings. The lowest BCUT2D eigenvalue weighted by atomic mass is 9.92. The van der Waals surface area contributed by atoms with Crippen LogP contribution in [0.3, 0.4) is 0 Å². The number of aromatic amines is 1. The fraction of sp³-hybridized carbons (Fsp3) is 0.375. The average molecular weight is 349 g/mol. The third-order valence-electron chi connectivity index (χ3n) is 3.74. The van der Waals surface area contributed by atoms with Gasteiger partial charge in [-0.2, -0.15) is 0 Å². The Balaban J connectivity index is 2.12. The maximum atomic E-state index is 12.1. The summed E-state index contributed by atoms with van der Waals surface area (Å²) in [6, 6.07) is 7.94. The molecule has 1 aromatic heterocycles. The van der Waals surface area contributed by atoms with Crippen molar-refractivity contribution in [3.63, 3.8) is 0 Å². The maximum Gasteiger partial charge on any atom is 0.265 e. The minimum Gasteiger partial charge on any atom is -0.493 e. The van der Waals surface area contributed by atoms with Crippen LogP contribution in [0, 0.1) is 0 Å². The van der Waals surface area contributed by atoms with E-state index in [0.29, 0.717) is 11.1 Å². The molecular formula is C16H17BrN2O2. The van der Waals surface area contributed by atoms with E-state index in [1.54, 1.807) is 0 Å². The van der Waals surface area contributed by atoms with Crippen LogP contribution in [0.1, 0.15) is 49.2 Å². The number of ether oxygens (including phenoxy) is 1. The number of halogens is 1. The van der Waals surface area contributed by atoms with Crippen molar-refractivity contribution in [2.75, 3.05) is 6.61 Å². The molecule has 1 aliphatic rings. The number of nitrogens with one attached hydrogen (secondary N) is 1. The van der Waals surface area contributed by atoms with Crippen molar-refractivity contribution in [1.29, 1.82) is 0 Å². The number of hydrogen-bond donors (Lipinski definition) is 1. The summed E-state index contributed by atoms with van der Waals surface area (Å²) in [6.07, 6.45) is 0.819. The number of benzene rings is 1. The first-order valence-electron chi connectivity index (χ1n) is 7.09. The first kappa shape index (κ1) is 14.3. The molecule has 21 heavy (non-hydrogen) atoms. The molecular weight excluding hydrogens is 332 g/mol. The van der Waals surface area contributed by atoms with Crippen molar-refractivity contribution in [2.24, 2.45) is 0 Å². The van der Waals surface area contributed by atoms with E-state index < -0.39 is 0 Å². The Labute approximate surface area is 131 Å². The van der Waals surface area contributed by atoms with Crippen molar-refractivity contribution >= 4 is 15.9 Å². The van der Waals surface area contributed by atoms with Crippen molar-refractivity contribution in [3.8, 4) is 5.75 Å². The average Bonchev–Trinajstić information content (AvgIpc) is 2.49.